The van der Waals surface area contributed by atoms with E-state index in [1.54, 1.807) is 23.7 Å². The normalized spacial score (nSPS) is 11.9. The van der Waals surface area contributed by atoms with Gasteiger partial charge in [0.2, 0.25) is 0 Å². The van der Waals surface area contributed by atoms with Crippen molar-refractivity contribution in [3.05, 3.63) is 47.0 Å². The summed E-state index contributed by atoms with van der Waals surface area (Å²) in [6, 6.07) is 5.86. The predicted molar refractivity (Wildman–Crippen MR) is 84.7 cm³/mol. The maximum absolute atomic E-state index is 13.7. The SMILES string of the molecule is COc1ccc([C@@H](C)NC(=O)NCc2cc(C)nn2C)cc1F. The maximum atomic E-state index is 13.7. The number of benzene rings is 1. The van der Waals surface area contributed by atoms with Gasteiger partial charge >= 0.3 is 6.03 Å². The lowest BCUT2D eigenvalue weighted by atomic mass is 10.1. The van der Waals surface area contributed by atoms with Crippen molar-refractivity contribution in [2.45, 2.75) is 26.4 Å². The van der Waals surface area contributed by atoms with E-state index < -0.39 is 5.82 Å². The summed E-state index contributed by atoms with van der Waals surface area (Å²) in [6.45, 7) is 4.05. The molecule has 1 heterocycles. The molecule has 0 bridgehead atoms. The van der Waals surface area contributed by atoms with E-state index in [4.69, 9.17) is 4.74 Å². The third kappa shape index (κ3) is 4.21. The highest BCUT2D eigenvalue weighted by Crippen LogP contribution is 2.21. The van der Waals surface area contributed by atoms with E-state index in [2.05, 4.69) is 15.7 Å². The lowest BCUT2D eigenvalue weighted by molar-refractivity contribution is 0.237. The molecule has 0 fully saturated rings. The van der Waals surface area contributed by atoms with Gasteiger partial charge in [-0.1, -0.05) is 6.07 Å². The molecule has 6 nitrogen and oxygen atoms in total. The smallest absolute Gasteiger partial charge is 0.315 e. The van der Waals surface area contributed by atoms with E-state index in [1.807, 2.05) is 20.0 Å². The molecule has 23 heavy (non-hydrogen) atoms. The van der Waals surface area contributed by atoms with E-state index in [1.165, 1.54) is 13.2 Å². The van der Waals surface area contributed by atoms with Crippen molar-refractivity contribution in [1.82, 2.24) is 20.4 Å². The molecular formula is C16H21FN4O2. The van der Waals surface area contributed by atoms with Gasteiger partial charge in [0.15, 0.2) is 11.6 Å². The molecule has 2 amide bonds. The number of halogens is 1. The summed E-state index contributed by atoms with van der Waals surface area (Å²) in [7, 11) is 3.23. The minimum atomic E-state index is -0.454. The van der Waals surface area contributed by atoms with Crippen LogP contribution in [0.5, 0.6) is 5.75 Å². The van der Waals surface area contributed by atoms with Gasteiger partial charge in [-0.25, -0.2) is 9.18 Å². The molecule has 0 aliphatic rings. The number of methoxy groups -OCH3 is 1. The second kappa shape index (κ2) is 7.13. The van der Waals surface area contributed by atoms with E-state index in [-0.39, 0.29) is 17.8 Å². The number of nitrogens with one attached hydrogen (secondary N) is 2. The standard InChI is InChI=1S/C16H21FN4O2/c1-10-7-13(21(3)20-10)9-18-16(22)19-11(2)12-5-6-15(23-4)14(17)8-12/h5-8,11H,9H2,1-4H3,(H2,18,19,22)/t11-/m1/s1. The molecule has 0 saturated carbocycles. The third-order valence-electron chi connectivity index (χ3n) is 3.55. The van der Waals surface area contributed by atoms with E-state index >= 15 is 0 Å². The summed E-state index contributed by atoms with van der Waals surface area (Å²) in [6.07, 6.45) is 0. The fourth-order valence-electron chi connectivity index (χ4n) is 2.28. The molecule has 1 aromatic heterocycles. The van der Waals surface area contributed by atoms with Gasteiger partial charge in [0.25, 0.3) is 0 Å². The average Bonchev–Trinajstić information content (AvgIpc) is 2.82. The Labute approximate surface area is 134 Å². The summed E-state index contributed by atoms with van der Waals surface area (Å²) in [5.41, 5.74) is 2.46. The zero-order valence-corrected chi connectivity index (χ0v) is 13.7. The van der Waals surface area contributed by atoms with Crippen LogP contribution in [0, 0.1) is 12.7 Å². The molecule has 0 spiro atoms. The first-order valence-corrected chi connectivity index (χ1v) is 7.28. The molecule has 1 atom stereocenters. The number of carbonyl (C=O) groups is 1. The number of ether oxygens (including phenoxy) is 1. The zero-order chi connectivity index (χ0) is 17.0. The Morgan fingerprint density at radius 2 is 2.17 bits per heavy atom. The number of amides is 2. The van der Waals surface area contributed by atoms with Crippen LogP contribution < -0.4 is 15.4 Å². The first-order chi connectivity index (χ1) is 10.9. The molecule has 124 valence electrons. The minimum Gasteiger partial charge on any atom is -0.494 e. The van der Waals surface area contributed by atoms with Crippen LogP contribution >= 0.6 is 0 Å². The van der Waals surface area contributed by atoms with Gasteiger partial charge in [-0.05, 0) is 37.6 Å². The van der Waals surface area contributed by atoms with Gasteiger partial charge in [0, 0.05) is 7.05 Å². The largest absolute Gasteiger partial charge is 0.494 e. The van der Waals surface area contributed by atoms with Gasteiger partial charge in [0.1, 0.15) is 0 Å². The lowest BCUT2D eigenvalue weighted by Crippen LogP contribution is -2.37. The van der Waals surface area contributed by atoms with Gasteiger partial charge in [-0.15, -0.1) is 0 Å². The van der Waals surface area contributed by atoms with Crippen LogP contribution in [0.15, 0.2) is 24.3 Å². The Morgan fingerprint density at radius 3 is 2.74 bits per heavy atom. The molecule has 0 aliphatic heterocycles. The van der Waals surface area contributed by atoms with Crippen LogP contribution in [0.4, 0.5) is 9.18 Å². The highest BCUT2D eigenvalue weighted by atomic mass is 19.1. The lowest BCUT2D eigenvalue weighted by Gasteiger charge is -2.16. The van der Waals surface area contributed by atoms with Crippen molar-refractivity contribution < 1.29 is 13.9 Å². The number of nitrogens with zero attached hydrogens (tertiary/aromatic N) is 2. The Bertz CT molecular complexity index is 699. The minimum absolute atomic E-state index is 0.178. The van der Waals surface area contributed by atoms with Crippen LogP contribution in [0.25, 0.3) is 0 Å². The monoisotopic (exact) mass is 320 g/mol. The number of aromatic nitrogens is 2. The first-order valence-electron chi connectivity index (χ1n) is 7.28. The molecule has 0 radical (unpaired) electrons. The molecule has 0 saturated heterocycles. The molecule has 2 N–H and O–H groups in total. The molecule has 0 aliphatic carbocycles. The second-order valence-electron chi connectivity index (χ2n) is 5.34. The van der Waals surface area contributed by atoms with Crippen LogP contribution in [0.3, 0.4) is 0 Å². The predicted octanol–water partition coefficient (Wildman–Crippen LogP) is 2.44. The number of hydrogen-bond acceptors (Lipinski definition) is 3. The molecule has 2 rings (SSSR count). The number of hydrogen-bond donors (Lipinski definition) is 2. The van der Waals surface area contributed by atoms with Crippen molar-refractivity contribution in [2.75, 3.05) is 7.11 Å². The first kappa shape index (κ1) is 16.8. The van der Waals surface area contributed by atoms with Crippen molar-refractivity contribution in [3.63, 3.8) is 0 Å². The zero-order valence-electron chi connectivity index (χ0n) is 13.7. The summed E-state index contributed by atoms with van der Waals surface area (Å²) >= 11 is 0. The molecule has 0 unspecified atom stereocenters. The average molecular weight is 320 g/mol. The van der Waals surface area contributed by atoms with Crippen LogP contribution in [-0.2, 0) is 13.6 Å². The number of rotatable bonds is 5. The Morgan fingerprint density at radius 1 is 1.43 bits per heavy atom. The summed E-state index contributed by atoms with van der Waals surface area (Å²) < 4.78 is 20.3. The van der Waals surface area contributed by atoms with Crippen LogP contribution in [0.1, 0.15) is 29.9 Å². The maximum Gasteiger partial charge on any atom is 0.315 e. The molecule has 2 aromatic rings. The van der Waals surface area contributed by atoms with Crippen molar-refractivity contribution >= 4 is 6.03 Å². The second-order valence-corrected chi connectivity index (χ2v) is 5.34. The highest BCUT2D eigenvalue weighted by molar-refractivity contribution is 5.74. The van der Waals surface area contributed by atoms with Gasteiger partial charge in [-0.3, -0.25) is 4.68 Å². The summed E-state index contributed by atoms with van der Waals surface area (Å²) in [4.78, 5) is 12.0. The molecular weight excluding hydrogens is 299 g/mol. The molecule has 1 aromatic carbocycles. The number of aryl methyl sites for hydroxylation is 2. The Hall–Kier alpha value is -2.57. The van der Waals surface area contributed by atoms with E-state index in [0.717, 1.165) is 11.4 Å². The van der Waals surface area contributed by atoms with Gasteiger partial charge in [-0.2, -0.15) is 5.10 Å². The van der Waals surface area contributed by atoms with Crippen LogP contribution in [0.2, 0.25) is 0 Å². The highest BCUT2D eigenvalue weighted by Gasteiger charge is 2.12. The number of urea groups is 1. The topological polar surface area (TPSA) is 68.2 Å². The summed E-state index contributed by atoms with van der Waals surface area (Å²) in [5.74, 6) is -0.276. The van der Waals surface area contributed by atoms with E-state index in [9.17, 15) is 9.18 Å². The van der Waals surface area contributed by atoms with Gasteiger partial charge in [0.05, 0.1) is 31.1 Å². The van der Waals surface area contributed by atoms with E-state index in [0.29, 0.717) is 12.1 Å². The molecule has 7 heteroatoms. The fourth-order valence-corrected chi connectivity index (χ4v) is 2.28. The third-order valence-corrected chi connectivity index (χ3v) is 3.55. The fraction of sp³-hybridized carbons (Fsp3) is 0.375. The quantitative estimate of drug-likeness (QED) is 0.889. The Balaban J connectivity index is 1.91. The van der Waals surface area contributed by atoms with Crippen molar-refractivity contribution in [3.8, 4) is 5.75 Å². The van der Waals surface area contributed by atoms with Gasteiger partial charge < -0.3 is 15.4 Å². The van der Waals surface area contributed by atoms with Crippen molar-refractivity contribution in [2.24, 2.45) is 7.05 Å². The summed E-state index contributed by atoms with van der Waals surface area (Å²) in [5, 5.41) is 9.75. The van der Waals surface area contributed by atoms with Crippen LogP contribution in [-0.4, -0.2) is 22.9 Å². The Kier molecular flexibility index (Phi) is 5.20. The number of carbonyl (C=O) groups excluding carboxylic acids is 1. The van der Waals surface area contributed by atoms with Crippen molar-refractivity contribution in [1.29, 1.82) is 0 Å².